The molecule has 0 N–H and O–H groups in total. The van der Waals surface area contributed by atoms with Crippen molar-refractivity contribution in [3.8, 4) is 0 Å². The molecule has 3 aromatic carbocycles. The Morgan fingerprint density at radius 3 is 1.62 bits per heavy atom. The van der Waals surface area contributed by atoms with Crippen LogP contribution >= 0.6 is 0 Å². The molecular formula is C35H36N4O8S. The van der Waals surface area contributed by atoms with Gasteiger partial charge in [0.05, 0.1) is 14.7 Å². The summed E-state index contributed by atoms with van der Waals surface area (Å²) < 4.78 is 27.8. The van der Waals surface area contributed by atoms with Gasteiger partial charge in [-0.05, 0) is 97.5 Å². The minimum Gasteiger partial charge on any atom is -0.339 e. The molecule has 12 nitrogen and oxygen atoms in total. The third-order valence-corrected chi connectivity index (χ3v) is 10.9. The summed E-state index contributed by atoms with van der Waals surface area (Å²) in [5.74, 6) is -0.441. The molecular weight excluding hydrogens is 636 g/mol. The SMILES string of the molecule is CCCN(CCC)S(=O)(=O)c1ccc(C(=O)N2CCC3(CC2)/C(=C\c2ccc([N+](=O)[O-])cc2)C(=O)/C3=C/c2ccc([N+](=O)[O-])cc2)cc1. The van der Waals surface area contributed by atoms with E-state index < -0.39 is 25.3 Å². The van der Waals surface area contributed by atoms with Crippen molar-refractivity contribution in [3.63, 3.8) is 0 Å². The minimum absolute atomic E-state index is 0.0674. The third-order valence-electron chi connectivity index (χ3n) is 8.94. The number of piperidine rings is 1. The molecule has 1 saturated heterocycles. The number of hydrogen-bond acceptors (Lipinski definition) is 8. The van der Waals surface area contributed by atoms with E-state index in [9.17, 15) is 38.2 Å². The molecule has 0 aromatic heterocycles. The quantitative estimate of drug-likeness (QED) is 0.131. The van der Waals surface area contributed by atoms with Crippen molar-refractivity contribution < 1.29 is 27.9 Å². The van der Waals surface area contributed by atoms with Crippen LogP contribution in [0.25, 0.3) is 12.2 Å². The molecule has 0 radical (unpaired) electrons. The number of hydrogen-bond donors (Lipinski definition) is 0. The topological polar surface area (TPSA) is 161 Å². The molecule has 1 amide bonds. The highest BCUT2D eigenvalue weighted by Gasteiger charge is 2.54. The van der Waals surface area contributed by atoms with Crippen LogP contribution in [0, 0.1) is 25.6 Å². The van der Waals surface area contributed by atoms with E-state index in [0.717, 1.165) is 0 Å². The lowest BCUT2D eigenvalue weighted by Crippen LogP contribution is -2.52. The molecule has 250 valence electrons. The molecule has 2 aliphatic rings. The molecule has 1 spiro atoms. The first-order chi connectivity index (χ1) is 22.9. The Bertz CT molecular complexity index is 1810. The lowest BCUT2D eigenvalue weighted by atomic mass is 9.54. The predicted molar refractivity (Wildman–Crippen MR) is 181 cm³/mol. The van der Waals surface area contributed by atoms with Gasteiger partial charge in [-0.25, -0.2) is 8.42 Å². The van der Waals surface area contributed by atoms with E-state index in [1.54, 1.807) is 41.3 Å². The van der Waals surface area contributed by atoms with Crippen molar-refractivity contribution in [3.05, 3.63) is 121 Å². The van der Waals surface area contributed by atoms with E-state index in [4.69, 9.17) is 0 Å². The summed E-state index contributed by atoms with van der Waals surface area (Å²) in [6, 6.07) is 17.8. The number of nitro benzene ring substituents is 2. The Morgan fingerprint density at radius 1 is 0.792 bits per heavy atom. The lowest BCUT2D eigenvalue weighted by Gasteiger charge is -2.50. The highest BCUT2D eigenvalue weighted by Crippen LogP contribution is 2.56. The van der Waals surface area contributed by atoms with Crippen LogP contribution in [0.5, 0.6) is 0 Å². The maximum absolute atomic E-state index is 13.6. The third kappa shape index (κ3) is 6.69. The zero-order chi connectivity index (χ0) is 34.6. The maximum atomic E-state index is 13.6. The second-order valence-electron chi connectivity index (χ2n) is 11.9. The molecule has 1 aliphatic carbocycles. The molecule has 48 heavy (non-hydrogen) atoms. The number of non-ortho nitro benzene ring substituents is 2. The van der Waals surface area contributed by atoms with Crippen LogP contribution in [0.3, 0.4) is 0 Å². The molecule has 1 heterocycles. The van der Waals surface area contributed by atoms with E-state index in [1.807, 2.05) is 13.8 Å². The fourth-order valence-electron chi connectivity index (χ4n) is 6.37. The molecule has 1 saturated carbocycles. The van der Waals surface area contributed by atoms with Gasteiger partial charge in [0.25, 0.3) is 17.3 Å². The van der Waals surface area contributed by atoms with E-state index >= 15 is 0 Å². The predicted octanol–water partition coefficient (Wildman–Crippen LogP) is 6.29. The maximum Gasteiger partial charge on any atom is 0.269 e. The summed E-state index contributed by atoms with van der Waals surface area (Å²) >= 11 is 0. The van der Waals surface area contributed by atoms with Gasteiger partial charge in [0.15, 0.2) is 5.78 Å². The number of ketones is 1. The van der Waals surface area contributed by atoms with Crippen LogP contribution < -0.4 is 0 Å². The monoisotopic (exact) mass is 672 g/mol. The molecule has 13 heteroatoms. The summed E-state index contributed by atoms with van der Waals surface area (Å²) in [6.45, 7) is 5.31. The van der Waals surface area contributed by atoms with Crippen LogP contribution in [0.4, 0.5) is 11.4 Å². The number of carbonyl (C=O) groups excluding carboxylic acids is 2. The largest absolute Gasteiger partial charge is 0.339 e. The van der Waals surface area contributed by atoms with Crippen molar-refractivity contribution in [1.82, 2.24) is 9.21 Å². The van der Waals surface area contributed by atoms with Gasteiger partial charge >= 0.3 is 0 Å². The van der Waals surface area contributed by atoms with Gasteiger partial charge in [-0.2, -0.15) is 4.31 Å². The molecule has 5 rings (SSSR count). The normalized spacial score (nSPS) is 17.6. The number of nitrogens with zero attached hydrogens (tertiary/aromatic N) is 4. The number of allylic oxidation sites excluding steroid dienone is 2. The van der Waals surface area contributed by atoms with Crippen molar-refractivity contribution in [2.45, 2.75) is 44.4 Å². The van der Waals surface area contributed by atoms with Crippen molar-refractivity contribution in [1.29, 1.82) is 0 Å². The van der Waals surface area contributed by atoms with E-state index in [-0.39, 0.29) is 28.0 Å². The summed E-state index contributed by atoms with van der Waals surface area (Å²) in [4.78, 5) is 50.2. The average Bonchev–Trinajstić information content (AvgIpc) is 3.09. The van der Waals surface area contributed by atoms with Gasteiger partial charge in [-0.15, -0.1) is 0 Å². The average molecular weight is 673 g/mol. The Kier molecular flexibility index (Phi) is 10.0. The summed E-state index contributed by atoms with van der Waals surface area (Å²) in [7, 11) is -3.69. The Morgan fingerprint density at radius 2 is 1.23 bits per heavy atom. The number of benzene rings is 3. The fourth-order valence-corrected chi connectivity index (χ4v) is 7.99. The van der Waals surface area contributed by atoms with Crippen molar-refractivity contribution >= 4 is 45.2 Å². The van der Waals surface area contributed by atoms with Gasteiger partial charge in [-0.3, -0.25) is 29.8 Å². The zero-order valence-electron chi connectivity index (χ0n) is 26.7. The number of carbonyl (C=O) groups is 2. The fraction of sp³-hybridized carbons (Fsp3) is 0.314. The van der Waals surface area contributed by atoms with Crippen LogP contribution in [0.15, 0.2) is 88.8 Å². The lowest BCUT2D eigenvalue weighted by molar-refractivity contribution is -0.385. The highest BCUT2D eigenvalue weighted by molar-refractivity contribution is 7.89. The van der Waals surface area contributed by atoms with Gasteiger partial charge in [0.1, 0.15) is 0 Å². The second kappa shape index (κ2) is 14.0. The first-order valence-electron chi connectivity index (χ1n) is 15.8. The van der Waals surface area contributed by atoms with Crippen LogP contribution in [0.1, 0.15) is 61.0 Å². The zero-order valence-corrected chi connectivity index (χ0v) is 27.5. The Balaban J connectivity index is 1.39. The summed E-state index contributed by atoms with van der Waals surface area (Å²) in [5.41, 5.74) is 1.85. The van der Waals surface area contributed by atoms with Crippen LogP contribution in [0.2, 0.25) is 0 Å². The first-order valence-corrected chi connectivity index (χ1v) is 17.2. The number of Topliss-reactive ketones (excluding diaryl/α,β-unsaturated/α-hetero) is 1. The number of rotatable bonds is 11. The Hall–Kier alpha value is -5.01. The molecule has 3 aromatic rings. The highest BCUT2D eigenvalue weighted by atomic mass is 32.2. The van der Waals surface area contributed by atoms with Crippen molar-refractivity contribution in [2.75, 3.05) is 26.2 Å². The van der Waals surface area contributed by atoms with Gasteiger partial charge in [0.2, 0.25) is 10.0 Å². The molecule has 2 fully saturated rings. The van der Waals surface area contributed by atoms with E-state index in [0.29, 0.717) is 79.7 Å². The minimum atomic E-state index is -3.69. The smallest absolute Gasteiger partial charge is 0.269 e. The molecule has 0 atom stereocenters. The van der Waals surface area contributed by atoms with Crippen LogP contribution in [-0.4, -0.2) is 65.3 Å². The van der Waals surface area contributed by atoms with Crippen LogP contribution in [-0.2, 0) is 14.8 Å². The number of nitro groups is 2. The standard InChI is InChI=1S/C35H36N4O8S/c1-3-19-37(20-4-2)48(46,47)30-15-9-27(10-16-30)34(41)36-21-17-35(18-22-36)31(23-25-5-11-28(12-6-25)38(42)43)33(40)32(35)24-26-7-13-29(14-8-26)39(44)45/h5-16,23-24H,3-4,17-22H2,1-2H3/b31-23-,32-24-. The van der Waals surface area contributed by atoms with E-state index in [2.05, 4.69) is 0 Å². The molecule has 0 bridgehead atoms. The van der Waals surface area contributed by atoms with Crippen molar-refractivity contribution in [2.24, 2.45) is 5.41 Å². The number of sulfonamides is 1. The summed E-state index contributed by atoms with van der Waals surface area (Å²) in [6.07, 6.45) is 5.70. The first kappa shape index (κ1) is 34.3. The summed E-state index contributed by atoms with van der Waals surface area (Å²) in [5, 5.41) is 22.3. The Labute approximate surface area is 278 Å². The van der Waals surface area contributed by atoms with Gasteiger partial charge in [-0.1, -0.05) is 13.8 Å². The van der Waals surface area contributed by atoms with Gasteiger partial charge < -0.3 is 4.90 Å². The molecule has 0 unspecified atom stereocenters. The number of likely N-dealkylation sites (tertiary alicyclic amines) is 1. The molecule has 1 aliphatic heterocycles. The number of amides is 1. The van der Waals surface area contributed by atoms with E-state index in [1.165, 1.54) is 52.8 Å². The second-order valence-corrected chi connectivity index (χ2v) is 13.9. The van der Waals surface area contributed by atoms with Gasteiger partial charge in [0, 0.05) is 72.6 Å².